The van der Waals surface area contributed by atoms with Crippen LogP contribution >= 0.6 is 0 Å². The summed E-state index contributed by atoms with van der Waals surface area (Å²) in [5, 5.41) is 21.1. The molecule has 0 bridgehead atoms. The molecule has 0 aromatic heterocycles. The van der Waals surface area contributed by atoms with E-state index in [4.69, 9.17) is 9.39 Å². The highest BCUT2D eigenvalue weighted by Gasteiger charge is 2.57. The van der Waals surface area contributed by atoms with Gasteiger partial charge in [0.15, 0.2) is 0 Å². The molecular weight excluding hydrogens is 397 g/mol. The van der Waals surface area contributed by atoms with Crippen molar-refractivity contribution in [1.82, 2.24) is 4.90 Å². The van der Waals surface area contributed by atoms with E-state index in [2.05, 4.69) is 0 Å². The Labute approximate surface area is 183 Å². The summed E-state index contributed by atoms with van der Waals surface area (Å²) in [6, 6.07) is 3.71. The molecule has 1 aromatic rings. The lowest BCUT2D eigenvalue weighted by Gasteiger charge is -2.42. The number of benzene rings is 1. The molecule has 7 nitrogen and oxygen atoms in total. The largest absolute Gasteiger partial charge is 0.507 e. The number of amides is 2. The molecule has 3 aliphatic rings. The molecule has 166 valence electrons. The molecule has 1 aliphatic carbocycles. The van der Waals surface area contributed by atoms with Gasteiger partial charge in [-0.1, -0.05) is 6.92 Å². The Kier molecular flexibility index (Phi) is 5.98. The van der Waals surface area contributed by atoms with E-state index in [9.17, 15) is 19.7 Å². The summed E-state index contributed by atoms with van der Waals surface area (Å²) in [7, 11) is 0.424. The smallest absolute Gasteiger partial charge is 0.487 e. The van der Waals surface area contributed by atoms with E-state index >= 15 is 0 Å². The molecule has 2 aliphatic heterocycles. The number of hydrogen-bond acceptors (Lipinski definition) is 6. The normalized spacial score (nSPS) is 28.3. The van der Waals surface area contributed by atoms with Gasteiger partial charge in [0.2, 0.25) is 11.8 Å². The summed E-state index contributed by atoms with van der Waals surface area (Å²) in [5.41, 5.74) is 3.88. The summed E-state index contributed by atoms with van der Waals surface area (Å²) in [6.45, 7) is 6.32. The van der Waals surface area contributed by atoms with E-state index in [1.807, 2.05) is 32.9 Å². The highest BCUT2D eigenvalue weighted by atomic mass is 16.5. The summed E-state index contributed by atoms with van der Waals surface area (Å²) in [6.07, 6.45) is 1.18. The van der Waals surface area contributed by atoms with Crippen molar-refractivity contribution < 1.29 is 29.1 Å². The van der Waals surface area contributed by atoms with Crippen LogP contribution in [-0.2, 0) is 19.0 Å². The van der Waals surface area contributed by atoms with Gasteiger partial charge in [0, 0.05) is 13.7 Å². The van der Waals surface area contributed by atoms with Gasteiger partial charge in [-0.15, -0.1) is 0 Å². The van der Waals surface area contributed by atoms with Crippen molar-refractivity contribution in [2.75, 3.05) is 20.3 Å². The first-order chi connectivity index (χ1) is 14.8. The van der Waals surface area contributed by atoms with Crippen LogP contribution in [0.4, 0.5) is 0 Å². The Morgan fingerprint density at radius 3 is 2.48 bits per heavy atom. The Morgan fingerprint density at radius 2 is 1.87 bits per heavy atom. The number of carbonyl (C=O) groups is 2. The Bertz CT molecular complexity index is 921. The summed E-state index contributed by atoms with van der Waals surface area (Å²) < 4.78 is 11.4. The van der Waals surface area contributed by atoms with Crippen LogP contribution in [0.1, 0.15) is 49.0 Å². The molecule has 4 atom stereocenters. The number of imide groups is 1. The first-order valence-electron chi connectivity index (χ1n) is 11.0. The predicted octanol–water partition coefficient (Wildman–Crippen LogP) is 2.46. The number of methoxy groups -OCH3 is 1. The van der Waals surface area contributed by atoms with Crippen molar-refractivity contribution in [2.45, 2.75) is 46.1 Å². The fourth-order valence-electron chi connectivity index (χ4n) is 5.62. The lowest BCUT2D eigenvalue weighted by atomic mass is 9.55. The number of aromatic hydroxyl groups is 1. The fraction of sp³-hybridized carbons (Fsp3) is 0.565. The molecule has 31 heavy (non-hydrogen) atoms. The van der Waals surface area contributed by atoms with E-state index in [1.54, 1.807) is 7.11 Å². The number of fused-ring (bicyclic) bond motifs is 3. The number of aryl methyl sites for hydroxylation is 2. The summed E-state index contributed by atoms with van der Waals surface area (Å²) in [5.74, 6) is -1.18. The molecule has 0 spiro atoms. The van der Waals surface area contributed by atoms with Crippen LogP contribution in [0.3, 0.4) is 0 Å². The van der Waals surface area contributed by atoms with Crippen LogP contribution < -0.4 is 0 Å². The molecule has 8 heteroatoms. The van der Waals surface area contributed by atoms with Crippen LogP contribution in [0.25, 0.3) is 0 Å². The molecule has 2 amide bonds. The van der Waals surface area contributed by atoms with Gasteiger partial charge < -0.3 is 19.5 Å². The third-order valence-corrected chi connectivity index (χ3v) is 6.95. The average molecular weight is 427 g/mol. The minimum atomic E-state index is -1.16. The van der Waals surface area contributed by atoms with Gasteiger partial charge in [0.05, 0.1) is 24.5 Å². The molecule has 2 fully saturated rings. The number of rotatable bonds is 5. The van der Waals surface area contributed by atoms with Crippen LogP contribution in [-0.4, -0.2) is 54.2 Å². The zero-order valence-corrected chi connectivity index (χ0v) is 18.6. The van der Waals surface area contributed by atoms with Gasteiger partial charge in [-0.25, -0.2) is 0 Å². The first-order valence-corrected chi connectivity index (χ1v) is 11.0. The van der Waals surface area contributed by atoms with Crippen molar-refractivity contribution in [3.8, 4) is 5.75 Å². The quantitative estimate of drug-likeness (QED) is 0.554. The van der Waals surface area contributed by atoms with E-state index in [1.165, 1.54) is 4.90 Å². The van der Waals surface area contributed by atoms with Crippen molar-refractivity contribution in [1.29, 1.82) is 0 Å². The molecule has 0 saturated carbocycles. The summed E-state index contributed by atoms with van der Waals surface area (Å²) in [4.78, 5) is 27.7. The number of carbonyl (C=O) groups excluding carboxylic acids is 2. The molecule has 2 heterocycles. The summed E-state index contributed by atoms with van der Waals surface area (Å²) >= 11 is 0. The number of hydrogen-bond donors (Lipinski definition) is 2. The minimum Gasteiger partial charge on any atom is -0.507 e. The maximum absolute atomic E-state index is 13.3. The molecule has 0 radical (unpaired) electrons. The molecule has 2 saturated heterocycles. The topological polar surface area (TPSA) is 96.3 Å². The van der Waals surface area contributed by atoms with Crippen molar-refractivity contribution >= 4 is 18.9 Å². The molecule has 0 unspecified atom stereocenters. The lowest BCUT2D eigenvalue weighted by molar-refractivity contribution is -0.140. The Balaban J connectivity index is 1.74. The molecule has 2 N–H and O–H groups in total. The van der Waals surface area contributed by atoms with Crippen molar-refractivity contribution in [2.24, 2.45) is 17.8 Å². The highest BCUT2D eigenvalue weighted by Crippen LogP contribution is 2.51. The second-order valence-corrected chi connectivity index (χ2v) is 8.98. The number of allylic oxidation sites excluding steroid dienone is 1. The lowest BCUT2D eigenvalue weighted by Crippen LogP contribution is -2.45. The molecule has 4 rings (SSSR count). The van der Waals surface area contributed by atoms with Gasteiger partial charge in [0.25, 0.3) is 0 Å². The second-order valence-electron chi connectivity index (χ2n) is 8.98. The van der Waals surface area contributed by atoms with Crippen LogP contribution in [0.5, 0.6) is 5.75 Å². The van der Waals surface area contributed by atoms with E-state index in [0.29, 0.717) is 37.9 Å². The van der Waals surface area contributed by atoms with Gasteiger partial charge in [0.1, 0.15) is 5.75 Å². The SMILES string of the molecule is CCCN1C(=O)[C@H]2[C@H](CC(COC)=C3B(O)O[C@H](c4cc(C)c(O)c(C)c4)C[C@H]32)C1=O. The fourth-order valence-corrected chi connectivity index (χ4v) is 5.62. The monoisotopic (exact) mass is 427 g/mol. The van der Waals surface area contributed by atoms with Crippen molar-refractivity contribution in [3.63, 3.8) is 0 Å². The second kappa shape index (κ2) is 8.41. The van der Waals surface area contributed by atoms with Crippen molar-refractivity contribution in [3.05, 3.63) is 39.9 Å². The zero-order chi connectivity index (χ0) is 22.4. The van der Waals surface area contributed by atoms with E-state index in [-0.39, 0.29) is 23.5 Å². The average Bonchev–Trinajstić information content (AvgIpc) is 2.96. The first kappa shape index (κ1) is 22.1. The highest BCUT2D eigenvalue weighted by molar-refractivity contribution is 6.53. The maximum atomic E-state index is 13.3. The predicted molar refractivity (Wildman–Crippen MR) is 115 cm³/mol. The minimum absolute atomic E-state index is 0.113. The zero-order valence-electron chi connectivity index (χ0n) is 18.6. The van der Waals surface area contributed by atoms with Gasteiger partial charge in [-0.2, -0.15) is 0 Å². The standard InChI is InChI=1S/C23H30BNO6/c1-5-6-25-22(27)17-9-15(11-30-4)20-16(19(17)23(25)28)10-18(31-24(20)29)14-7-12(2)21(26)13(3)8-14/h7-8,16-19,26,29H,5-6,9-11H2,1-4H3/t16-,17-,18-,19+/m0/s1. The van der Waals surface area contributed by atoms with Crippen LogP contribution in [0, 0.1) is 31.6 Å². The number of likely N-dealkylation sites (tertiary alicyclic amines) is 1. The third kappa shape index (κ3) is 3.60. The number of phenols is 1. The van der Waals surface area contributed by atoms with Gasteiger partial charge >= 0.3 is 7.12 Å². The Hall–Kier alpha value is -2.16. The van der Waals surface area contributed by atoms with Gasteiger partial charge in [-0.3, -0.25) is 14.5 Å². The van der Waals surface area contributed by atoms with E-state index in [0.717, 1.165) is 22.3 Å². The van der Waals surface area contributed by atoms with Crippen LogP contribution in [0.15, 0.2) is 23.2 Å². The van der Waals surface area contributed by atoms with Crippen LogP contribution in [0.2, 0.25) is 0 Å². The van der Waals surface area contributed by atoms with Gasteiger partial charge in [-0.05, 0) is 78.9 Å². The molecular formula is C23H30BNO6. The third-order valence-electron chi connectivity index (χ3n) is 6.95. The molecule has 1 aromatic carbocycles. The Morgan fingerprint density at radius 1 is 1.19 bits per heavy atom. The number of nitrogens with zero attached hydrogens (tertiary/aromatic N) is 1. The number of ether oxygens (including phenoxy) is 1. The number of phenolic OH excluding ortho intramolecular Hbond substituents is 1. The maximum Gasteiger partial charge on any atom is 0.487 e. The van der Waals surface area contributed by atoms with E-state index < -0.39 is 25.1 Å².